The number of benzene rings is 6. The van der Waals surface area contributed by atoms with Crippen LogP contribution in [0.5, 0.6) is 0 Å². The second-order valence-electron chi connectivity index (χ2n) is 14.6. The zero-order chi connectivity index (χ0) is 38.9. The fourth-order valence-electron chi connectivity index (χ4n) is 7.32. The van der Waals surface area contributed by atoms with Gasteiger partial charge in [-0.25, -0.2) is 9.98 Å². The molecule has 0 bridgehead atoms. The lowest BCUT2D eigenvalue weighted by molar-refractivity contribution is 0.406. The molecule has 56 heavy (non-hydrogen) atoms. The lowest BCUT2D eigenvalue weighted by atomic mass is 9.80. The zero-order valence-electron chi connectivity index (χ0n) is 32.5. The van der Waals surface area contributed by atoms with Gasteiger partial charge in [0.25, 0.3) is 0 Å². The molecular formula is C51H47N5. The van der Waals surface area contributed by atoms with Crippen LogP contribution in [0.25, 0.3) is 11.1 Å². The number of hydrogen-bond donors (Lipinski definition) is 0. The summed E-state index contributed by atoms with van der Waals surface area (Å²) in [6, 6.07) is 58.2. The summed E-state index contributed by atoms with van der Waals surface area (Å²) in [5.41, 5.74) is 11.1. The fraction of sp³-hybridized carbons (Fsp3) is 0.196. The normalized spacial score (nSPS) is 17.9. The van der Waals surface area contributed by atoms with Gasteiger partial charge in [-0.05, 0) is 64.3 Å². The van der Waals surface area contributed by atoms with E-state index in [1.54, 1.807) is 0 Å². The molecule has 0 radical (unpaired) electrons. The summed E-state index contributed by atoms with van der Waals surface area (Å²) >= 11 is 0. The van der Waals surface area contributed by atoms with Crippen molar-refractivity contribution >= 4 is 23.1 Å². The molecule has 0 saturated carbocycles. The standard InChI is InChI=1S/C51H47N5/c1-5-35(2)47(54-50(40-22-11-7-12-23-40)53-34-38-19-9-6-10-20-38)46-30-16-15-29-45(46)42-26-18-28-44(32-42)49-37(4)36(3)48(43-27-17-21-39(31-43)33-52)55-51(56-49)41-24-13-8-14-25-41/h6-32,35-37,49H,5,34H2,1-4H3/b53-50-,54-47+. The maximum atomic E-state index is 9.71. The highest BCUT2D eigenvalue weighted by atomic mass is 15.0. The minimum absolute atomic E-state index is 0.0607. The third kappa shape index (κ3) is 8.56. The molecule has 6 aromatic rings. The number of nitriles is 1. The van der Waals surface area contributed by atoms with Crippen molar-refractivity contribution in [3.63, 3.8) is 0 Å². The van der Waals surface area contributed by atoms with Crippen LogP contribution < -0.4 is 0 Å². The number of hydrogen-bond acceptors (Lipinski definition) is 4. The minimum Gasteiger partial charge on any atom is -0.261 e. The molecule has 0 fully saturated rings. The van der Waals surface area contributed by atoms with E-state index in [-0.39, 0.29) is 23.8 Å². The molecule has 1 heterocycles. The van der Waals surface area contributed by atoms with E-state index in [2.05, 4.69) is 137 Å². The van der Waals surface area contributed by atoms with Crippen molar-refractivity contribution in [2.45, 2.75) is 46.7 Å². The summed E-state index contributed by atoms with van der Waals surface area (Å²) in [6.45, 7) is 9.52. The van der Waals surface area contributed by atoms with Gasteiger partial charge in [0, 0.05) is 22.6 Å². The molecule has 0 aliphatic carbocycles. The van der Waals surface area contributed by atoms with Gasteiger partial charge in [-0.2, -0.15) is 5.26 Å². The Balaban J connectivity index is 1.32. The lowest BCUT2D eigenvalue weighted by Gasteiger charge is -2.26. The molecule has 0 N–H and O–H groups in total. The van der Waals surface area contributed by atoms with Crippen LogP contribution in [0.4, 0.5) is 0 Å². The topological polar surface area (TPSA) is 73.2 Å². The van der Waals surface area contributed by atoms with Crippen molar-refractivity contribution in [3.8, 4) is 17.2 Å². The zero-order valence-corrected chi connectivity index (χ0v) is 32.5. The van der Waals surface area contributed by atoms with Crippen LogP contribution in [0.15, 0.2) is 184 Å². The van der Waals surface area contributed by atoms with E-state index in [9.17, 15) is 5.26 Å². The first kappa shape index (κ1) is 37.8. The van der Waals surface area contributed by atoms with E-state index in [0.717, 1.165) is 68.2 Å². The maximum absolute atomic E-state index is 9.71. The summed E-state index contributed by atoms with van der Waals surface area (Å²) in [5.74, 6) is 1.78. The van der Waals surface area contributed by atoms with Gasteiger partial charge in [0.15, 0.2) is 11.7 Å². The summed E-state index contributed by atoms with van der Waals surface area (Å²) in [7, 11) is 0. The molecule has 7 rings (SSSR count). The Morgan fingerprint density at radius 3 is 2.09 bits per heavy atom. The molecule has 0 aromatic heterocycles. The molecule has 0 saturated heterocycles. The summed E-state index contributed by atoms with van der Waals surface area (Å²) < 4.78 is 0. The Hall–Kier alpha value is -6.51. The molecule has 4 atom stereocenters. The second-order valence-corrected chi connectivity index (χ2v) is 14.6. The minimum atomic E-state index is -0.162. The fourth-order valence-corrected chi connectivity index (χ4v) is 7.32. The van der Waals surface area contributed by atoms with Crippen molar-refractivity contribution in [1.29, 1.82) is 5.26 Å². The van der Waals surface area contributed by atoms with Crippen LogP contribution >= 0.6 is 0 Å². The van der Waals surface area contributed by atoms with E-state index in [0.29, 0.717) is 17.9 Å². The molecule has 6 aromatic carbocycles. The van der Waals surface area contributed by atoms with Gasteiger partial charge >= 0.3 is 0 Å². The third-order valence-corrected chi connectivity index (χ3v) is 10.9. The van der Waals surface area contributed by atoms with Crippen LogP contribution in [0.2, 0.25) is 0 Å². The van der Waals surface area contributed by atoms with E-state index in [1.165, 1.54) is 0 Å². The number of nitrogens with zero attached hydrogens (tertiary/aromatic N) is 5. The molecular weight excluding hydrogens is 683 g/mol. The Labute approximate surface area is 331 Å². The summed E-state index contributed by atoms with van der Waals surface area (Å²) in [6.07, 6.45) is 0.933. The Morgan fingerprint density at radius 2 is 1.36 bits per heavy atom. The molecule has 276 valence electrons. The van der Waals surface area contributed by atoms with Crippen molar-refractivity contribution < 1.29 is 0 Å². The monoisotopic (exact) mass is 729 g/mol. The molecule has 5 heteroatoms. The third-order valence-electron chi connectivity index (χ3n) is 10.9. The Bertz CT molecular complexity index is 2440. The molecule has 0 spiro atoms. The van der Waals surface area contributed by atoms with E-state index in [1.807, 2.05) is 60.7 Å². The number of amidine groups is 2. The molecule has 1 aliphatic heterocycles. The predicted molar refractivity (Wildman–Crippen MR) is 233 cm³/mol. The molecule has 1 aliphatic rings. The summed E-state index contributed by atoms with van der Waals surface area (Å²) in [4.78, 5) is 21.2. The van der Waals surface area contributed by atoms with Gasteiger partial charge < -0.3 is 0 Å². The number of aliphatic imine (C=N–C) groups is 4. The highest BCUT2D eigenvalue weighted by molar-refractivity contribution is 6.16. The smallest absolute Gasteiger partial charge is 0.155 e. The van der Waals surface area contributed by atoms with E-state index >= 15 is 0 Å². The highest BCUT2D eigenvalue weighted by Crippen LogP contribution is 2.38. The van der Waals surface area contributed by atoms with Crippen LogP contribution in [0.1, 0.15) is 79.1 Å². The van der Waals surface area contributed by atoms with Gasteiger partial charge in [0.05, 0.1) is 35.6 Å². The van der Waals surface area contributed by atoms with Crippen LogP contribution in [-0.2, 0) is 6.54 Å². The van der Waals surface area contributed by atoms with E-state index in [4.69, 9.17) is 20.0 Å². The van der Waals surface area contributed by atoms with Gasteiger partial charge in [-0.3, -0.25) is 9.98 Å². The SMILES string of the molecule is CCC(C)/C(=N\C(=N/Cc1ccccc1)c1ccccc1)c1ccccc1-c1cccc(C2N=C(c3ccccc3)N=C(c3cccc(C#N)c3)C(C)C2C)c1. The average molecular weight is 730 g/mol. The average Bonchev–Trinajstić information content (AvgIpc) is 3.40. The van der Waals surface area contributed by atoms with Crippen molar-refractivity contribution in [2.75, 3.05) is 0 Å². The summed E-state index contributed by atoms with van der Waals surface area (Å²) in [5, 5.41) is 9.71. The quantitative estimate of drug-likeness (QED) is 0.102. The van der Waals surface area contributed by atoms with Crippen molar-refractivity contribution in [2.24, 2.45) is 37.7 Å². The predicted octanol–water partition coefficient (Wildman–Crippen LogP) is 12.0. The van der Waals surface area contributed by atoms with Crippen LogP contribution in [-0.4, -0.2) is 23.1 Å². The Kier molecular flexibility index (Phi) is 12.0. The molecule has 5 nitrogen and oxygen atoms in total. The highest BCUT2D eigenvalue weighted by Gasteiger charge is 2.32. The van der Waals surface area contributed by atoms with Crippen LogP contribution in [0.3, 0.4) is 0 Å². The lowest BCUT2D eigenvalue weighted by Crippen LogP contribution is -2.23. The van der Waals surface area contributed by atoms with E-state index < -0.39 is 0 Å². The largest absolute Gasteiger partial charge is 0.261 e. The maximum Gasteiger partial charge on any atom is 0.155 e. The van der Waals surface area contributed by atoms with Gasteiger partial charge in [-0.15, -0.1) is 0 Å². The second kappa shape index (κ2) is 17.8. The molecule has 4 unspecified atom stereocenters. The first-order valence-electron chi connectivity index (χ1n) is 19.6. The number of rotatable bonds is 10. The first-order chi connectivity index (χ1) is 27.4. The van der Waals surface area contributed by atoms with Gasteiger partial charge in [-0.1, -0.05) is 173 Å². The first-order valence-corrected chi connectivity index (χ1v) is 19.6. The van der Waals surface area contributed by atoms with Crippen LogP contribution in [0, 0.1) is 29.1 Å². The Morgan fingerprint density at radius 1 is 0.714 bits per heavy atom. The molecule has 0 amide bonds. The van der Waals surface area contributed by atoms with Crippen molar-refractivity contribution in [1.82, 2.24) is 0 Å². The van der Waals surface area contributed by atoms with Gasteiger partial charge in [0.1, 0.15) is 0 Å². The van der Waals surface area contributed by atoms with Crippen molar-refractivity contribution in [3.05, 3.63) is 203 Å². The van der Waals surface area contributed by atoms with Gasteiger partial charge in [0.2, 0.25) is 0 Å².